The smallest absolute Gasteiger partial charge is 0.251 e. The van der Waals surface area contributed by atoms with Gasteiger partial charge in [0.2, 0.25) is 11.8 Å². The number of rotatable bonds is 10. The van der Waals surface area contributed by atoms with Crippen LogP contribution < -0.4 is 16.0 Å². The summed E-state index contributed by atoms with van der Waals surface area (Å²) >= 11 is 0. The van der Waals surface area contributed by atoms with Crippen LogP contribution in [0.25, 0.3) is 0 Å². The molecule has 7 nitrogen and oxygen atoms in total. The third kappa shape index (κ3) is 7.04. The highest BCUT2D eigenvalue weighted by Crippen LogP contribution is 2.21. The first-order valence-corrected chi connectivity index (χ1v) is 10.6. The molecule has 1 aliphatic rings. The monoisotopic (exact) mass is 462 g/mol. The van der Waals surface area contributed by atoms with Crippen LogP contribution in [-0.4, -0.2) is 48.3 Å². The van der Waals surface area contributed by atoms with Crippen LogP contribution in [0.4, 0.5) is 24.5 Å². The number of nitrogens with zero attached hydrogens (tertiary/aromatic N) is 1. The van der Waals surface area contributed by atoms with Gasteiger partial charge in [-0.15, -0.1) is 0 Å². The number of hydrogen-bond donors (Lipinski definition) is 3. The molecule has 176 valence electrons. The number of hydrogen-bond acceptors (Lipinski definition) is 4. The minimum atomic E-state index is -1.68. The van der Waals surface area contributed by atoms with Crippen molar-refractivity contribution in [2.45, 2.75) is 32.2 Å². The van der Waals surface area contributed by atoms with E-state index in [2.05, 4.69) is 16.0 Å². The van der Waals surface area contributed by atoms with E-state index in [0.29, 0.717) is 30.3 Å². The lowest BCUT2D eigenvalue weighted by atomic mass is 10.2. The Balaban J connectivity index is 1.56. The lowest BCUT2D eigenvalue weighted by Gasteiger charge is -2.21. The van der Waals surface area contributed by atoms with Gasteiger partial charge in [0.15, 0.2) is 17.5 Å². The Morgan fingerprint density at radius 1 is 0.970 bits per heavy atom. The van der Waals surface area contributed by atoms with Crippen molar-refractivity contribution in [1.29, 1.82) is 0 Å². The molecule has 0 bridgehead atoms. The average Bonchev–Trinajstić information content (AvgIpc) is 3.58. The molecular weight excluding hydrogens is 437 g/mol. The van der Waals surface area contributed by atoms with Crippen LogP contribution in [0.5, 0.6) is 0 Å². The van der Waals surface area contributed by atoms with E-state index in [9.17, 15) is 27.6 Å². The minimum Gasteiger partial charge on any atom is -0.349 e. The van der Waals surface area contributed by atoms with Gasteiger partial charge in [0.05, 0.1) is 18.8 Å². The quantitative estimate of drug-likeness (QED) is 0.473. The highest BCUT2D eigenvalue weighted by Gasteiger charge is 2.24. The van der Waals surface area contributed by atoms with Crippen LogP contribution in [0, 0.1) is 17.5 Å². The second-order valence-corrected chi connectivity index (χ2v) is 7.86. The Kier molecular flexibility index (Phi) is 8.05. The van der Waals surface area contributed by atoms with Crippen molar-refractivity contribution < 1.29 is 27.6 Å². The Labute approximate surface area is 189 Å². The molecule has 0 heterocycles. The molecule has 0 aromatic heterocycles. The van der Waals surface area contributed by atoms with Gasteiger partial charge in [-0.2, -0.15) is 0 Å². The van der Waals surface area contributed by atoms with E-state index < -0.39 is 35.0 Å². The largest absolute Gasteiger partial charge is 0.349 e. The van der Waals surface area contributed by atoms with E-state index in [-0.39, 0.29) is 25.0 Å². The SMILES string of the molecule is CCCN(CC(=O)Nc1cccc(C(=O)NC2CC2)c1)CC(=O)Nc1ccc(F)c(F)c1F. The van der Waals surface area contributed by atoms with E-state index in [1.165, 1.54) is 4.90 Å². The van der Waals surface area contributed by atoms with Gasteiger partial charge in [0.1, 0.15) is 0 Å². The van der Waals surface area contributed by atoms with Gasteiger partial charge < -0.3 is 16.0 Å². The molecule has 0 atom stereocenters. The summed E-state index contributed by atoms with van der Waals surface area (Å²) in [7, 11) is 0. The third-order valence-electron chi connectivity index (χ3n) is 4.90. The molecule has 0 radical (unpaired) electrons. The Bertz CT molecular complexity index is 1040. The first-order valence-electron chi connectivity index (χ1n) is 10.6. The van der Waals surface area contributed by atoms with Gasteiger partial charge in [-0.3, -0.25) is 19.3 Å². The maximum atomic E-state index is 13.8. The van der Waals surface area contributed by atoms with Crippen molar-refractivity contribution >= 4 is 29.1 Å². The van der Waals surface area contributed by atoms with Crippen molar-refractivity contribution in [3.63, 3.8) is 0 Å². The highest BCUT2D eigenvalue weighted by atomic mass is 19.2. The van der Waals surface area contributed by atoms with E-state index in [0.717, 1.165) is 18.9 Å². The fourth-order valence-corrected chi connectivity index (χ4v) is 3.18. The molecule has 1 fully saturated rings. The van der Waals surface area contributed by atoms with Crippen LogP contribution in [0.3, 0.4) is 0 Å². The zero-order valence-corrected chi connectivity index (χ0v) is 18.1. The molecule has 1 saturated carbocycles. The summed E-state index contributed by atoms with van der Waals surface area (Å²) in [5.41, 5.74) is 0.382. The summed E-state index contributed by atoms with van der Waals surface area (Å²) < 4.78 is 40.2. The summed E-state index contributed by atoms with van der Waals surface area (Å²) in [5.74, 6) is -5.82. The van der Waals surface area contributed by atoms with Crippen molar-refractivity contribution in [2.24, 2.45) is 0 Å². The lowest BCUT2D eigenvalue weighted by Crippen LogP contribution is -2.39. The van der Waals surface area contributed by atoms with Crippen LogP contribution in [0.2, 0.25) is 0 Å². The molecule has 0 saturated heterocycles. The molecule has 10 heteroatoms. The van der Waals surface area contributed by atoms with E-state index in [1.54, 1.807) is 24.3 Å². The average molecular weight is 462 g/mol. The molecule has 0 spiro atoms. The van der Waals surface area contributed by atoms with Crippen LogP contribution in [0.1, 0.15) is 36.5 Å². The van der Waals surface area contributed by atoms with Gasteiger partial charge in [-0.05, 0) is 56.1 Å². The molecule has 2 aromatic rings. The predicted octanol–water partition coefficient (Wildman–Crippen LogP) is 3.29. The number of benzene rings is 2. The maximum absolute atomic E-state index is 13.8. The lowest BCUT2D eigenvalue weighted by molar-refractivity contribution is -0.120. The first-order chi connectivity index (χ1) is 15.8. The fourth-order valence-electron chi connectivity index (χ4n) is 3.18. The number of nitrogens with one attached hydrogen (secondary N) is 3. The molecule has 3 rings (SSSR count). The minimum absolute atomic E-state index is 0.139. The van der Waals surface area contributed by atoms with Gasteiger partial charge >= 0.3 is 0 Å². The van der Waals surface area contributed by atoms with Crippen molar-refractivity contribution in [3.8, 4) is 0 Å². The molecular formula is C23H25F3N4O3. The molecule has 3 amide bonds. The van der Waals surface area contributed by atoms with Crippen molar-refractivity contribution in [1.82, 2.24) is 10.2 Å². The van der Waals surface area contributed by atoms with Gasteiger partial charge in [-0.1, -0.05) is 13.0 Å². The number of carbonyl (C=O) groups is 3. The summed E-state index contributed by atoms with van der Waals surface area (Å²) in [5, 5.41) is 7.77. The molecule has 0 aliphatic heterocycles. The molecule has 3 N–H and O–H groups in total. The van der Waals surface area contributed by atoms with Gasteiger partial charge in [-0.25, -0.2) is 13.2 Å². The zero-order valence-electron chi connectivity index (χ0n) is 18.1. The van der Waals surface area contributed by atoms with Gasteiger partial charge in [0.25, 0.3) is 5.91 Å². The number of amides is 3. The van der Waals surface area contributed by atoms with E-state index in [4.69, 9.17) is 0 Å². The first kappa shape index (κ1) is 24.2. The Hall–Kier alpha value is -3.40. The number of anilines is 2. The number of carbonyl (C=O) groups excluding carboxylic acids is 3. The van der Waals surface area contributed by atoms with Crippen LogP contribution in [-0.2, 0) is 9.59 Å². The second-order valence-electron chi connectivity index (χ2n) is 7.86. The van der Waals surface area contributed by atoms with E-state index >= 15 is 0 Å². The summed E-state index contributed by atoms with van der Waals surface area (Å²) in [4.78, 5) is 38.5. The van der Waals surface area contributed by atoms with Crippen molar-refractivity contribution in [2.75, 3.05) is 30.3 Å². The maximum Gasteiger partial charge on any atom is 0.251 e. The van der Waals surface area contributed by atoms with Crippen LogP contribution in [0.15, 0.2) is 36.4 Å². The second kappa shape index (κ2) is 11.0. The fraction of sp³-hybridized carbons (Fsp3) is 0.348. The standard InChI is InChI=1S/C23H25F3N4O3/c1-2-10-30(13-20(32)29-18-9-8-17(24)21(25)22(18)26)12-19(31)27-16-5-3-4-14(11-16)23(33)28-15-6-7-15/h3-5,8-9,11,15H,2,6-7,10,12-13H2,1H3,(H,27,31)(H,28,33)(H,29,32). The van der Waals surface area contributed by atoms with Crippen molar-refractivity contribution in [3.05, 3.63) is 59.4 Å². The molecule has 0 unspecified atom stereocenters. The summed E-state index contributed by atoms with van der Waals surface area (Å²) in [6.07, 6.45) is 2.56. The van der Waals surface area contributed by atoms with Crippen LogP contribution >= 0.6 is 0 Å². The molecule has 1 aliphatic carbocycles. The molecule has 33 heavy (non-hydrogen) atoms. The highest BCUT2D eigenvalue weighted by molar-refractivity contribution is 5.98. The Morgan fingerprint density at radius 3 is 2.33 bits per heavy atom. The third-order valence-corrected chi connectivity index (χ3v) is 4.90. The normalized spacial score (nSPS) is 13.0. The summed E-state index contributed by atoms with van der Waals surface area (Å²) in [6.45, 7) is 1.86. The summed E-state index contributed by atoms with van der Waals surface area (Å²) in [6, 6.07) is 8.37. The Morgan fingerprint density at radius 2 is 1.67 bits per heavy atom. The number of halogens is 3. The zero-order chi connectivity index (χ0) is 24.0. The topological polar surface area (TPSA) is 90.5 Å². The van der Waals surface area contributed by atoms with E-state index in [1.807, 2.05) is 6.92 Å². The predicted molar refractivity (Wildman–Crippen MR) is 117 cm³/mol. The van der Waals surface area contributed by atoms with Gasteiger partial charge in [0, 0.05) is 17.3 Å². The molecule has 2 aromatic carbocycles.